The Kier molecular flexibility index (Phi) is 2.79. The summed E-state index contributed by atoms with van der Waals surface area (Å²) in [5.41, 5.74) is 7.57. The van der Waals surface area contributed by atoms with E-state index in [1.807, 2.05) is 12.1 Å². The fraction of sp³-hybridized carbons (Fsp3) is 0.538. The highest BCUT2D eigenvalue weighted by Gasteiger charge is 2.62. The summed E-state index contributed by atoms with van der Waals surface area (Å²) < 4.78 is 6.53. The summed E-state index contributed by atoms with van der Waals surface area (Å²) in [6.45, 7) is 5.20. The first-order valence-electron chi connectivity index (χ1n) is 5.51. The summed E-state index contributed by atoms with van der Waals surface area (Å²) in [4.78, 5) is 0. The molecule has 0 heterocycles. The molecule has 1 aliphatic carbocycles. The Morgan fingerprint density at radius 3 is 2.50 bits per heavy atom. The standard InChI is InChI=1S/C13H18BrNO/c1-12(2)7-13(12,8-15)10-6-9(14)4-5-11(10)16-3/h4-6H,7-8,15H2,1-3H3. The van der Waals surface area contributed by atoms with E-state index in [9.17, 15) is 0 Å². The predicted octanol–water partition coefficient (Wildman–Crippen LogP) is 3.08. The summed E-state index contributed by atoms with van der Waals surface area (Å²) in [7, 11) is 1.71. The number of nitrogens with two attached hydrogens (primary N) is 1. The molecule has 16 heavy (non-hydrogen) atoms. The van der Waals surface area contributed by atoms with Gasteiger partial charge in [0.25, 0.3) is 0 Å². The lowest BCUT2D eigenvalue weighted by atomic mass is 9.87. The zero-order chi connectivity index (χ0) is 12.0. The normalized spacial score (nSPS) is 26.6. The molecule has 1 aromatic carbocycles. The van der Waals surface area contributed by atoms with E-state index in [0.717, 1.165) is 16.6 Å². The van der Waals surface area contributed by atoms with E-state index in [1.54, 1.807) is 7.11 Å². The summed E-state index contributed by atoms with van der Waals surface area (Å²) in [5, 5.41) is 0. The van der Waals surface area contributed by atoms with Gasteiger partial charge < -0.3 is 10.5 Å². The lowest BCUT2D eigenvalue weighted by Gasteiger charge is -2.22. The second kappa shape index (κ2) is 3.74. The lowest BCUT2D eigenvalue weighted by molar-refractivity contribution is 0.395. The predicted molar refractivity (Wildman–Crippen MR) is 69.8 cm³/mol. The van der Waals surface area contributed by atoms with Crippen molar-refractivity contribution in [2.75, 3.05) is 13.7 Å². The molecule has 0 aromatic heterocycles. The minimum Gasteiger partial charge on any atom is -0.496 e. The molecule has 0 aliphatic heterocycles. The van der Waals surface area contributed by atoms with Crippen molar-refractivity contribution in [1.82, 2.24) is 0 Å². The first kappa shape index (κ1) is 11.9. The van der Waals surface area contributed by atoms with E-state index in [4.69, 9.17) is 10.5 Å². The number of benzene rings is 1. The van der Waals surface area contributed by atoms with E-state index in [0.29, 0.717) is 6.54 Å². The molecular formula is C13H18BrNO. The van der Waals surface area contributed by atoms with E-state index in [-0.39, 0.29) is 10.8 Å². The third kappa shape index (κ3) is 1.57. The SMILES string of the molecule is COc1ccc(Br)cc1C1(CN)CC1(C)C. The Bertz CT molecular complexity index is 416. The molecule has 1 aromatic rings. The van der Waals surface area contributed by atoms with Crippen molar-refractivity contribution in [2.24, 2.45) is 11.1 Å². The highest BCUT2D eigenvalue weighted by atomic mass is 79.9. The third-order valence-corrected chi connectivity index (χ3v) is 4.43. The number of halogens is 1. The highest BCUT2D eigenvalue weighted by Crippen LogP contribution is 2.65. The first-order chi connectivity index (χ1) is 7.47. The molecule has 2 N–H and O–H groups in total. The van der Waals surface area contributed by atoms with E-state index >= 15 is 0 Å². The van der Waals surface area contributed by atoms with Crippen LogP contribution in [0.5, 0.6) is 5.75 Å². The van der Waals surface area contributed by atoms with Crippen molar-refractivity contribution in [2.45, 2.75) is 25.7 Å². The average Bonchev–Trinajstić information content (AvgIpc) is 2.82. The van der Waals surface area contributed by atoms with Gasteiger partial charge in [-0.25, -0.2) is 0 Å². The zero-order valence-corrected chi connectivity index (χ0v) is 11.6. The first-order valence-corrected chi connectivity index (χ1v) is 6.30. The van der Waals surface area contributed by atoms with Gasteiger partial charge in [0.15, 0.2) is 0 Å². The van der Waals surface area contributed by atoms with E-state index in [2.05, 4.69) is 35.8 Å². The largest absolute Gasteiger partial charge is 0.496 e. The van der Waals surface area contributed by atoms with E-state index in [1.165, 1.54) is 5.56 Å². The Balaban J connectivity index is 2.51. The van der Waals surface area contributed by atoms with Gasteiger partial charge in [-0.1, -0.05) is 29.8 Å². The van der Waals surface area contributed by atoms with Gasteiger partial charge in [0.05, 0.1) is 7.11 Å². The molecule has 1 atom stereocenters. The molecule has 0 amide bonds. The van der Waals surface area contributed by atoms with E-state index < -0.39 is 0 Å². The van der Waals surface area contributed by atoms with Crippen LogP contribution in [0.4, 0.5) is 0 Å². The Morgan fingerprint density at radius 1 is 1.44 bits per heavy atom. The Hall–Kier alpha value is -0.540. The van der Waals surface area contributed by atoms with Gasteiger partial charge in [-0.05, 0) is 30.0 Å². The summed E-state index contributed by atoms with van der Waals surface area (Å²) in [5.74, 6) is 0.944. The van der Waals surface area contributed by atoms with Crippen LogP contribution in [0.3, 0.4) is 0 Å². The minimum atomic E-state index is 0.0854. The van der Waals surface area contributed by atoms with Gasteiger partial charge in [-0.2, -0.15) is 0 Å². The smallest absolute Gasteiger partial charge is 0.122 e. The van der Waals surface area contributed by atoms with Gasteiger partial charge in [0, 0.05) is 22.0 Å². The molecule has 0 saturated heterocycles. The maximum atomic E-state index is 5.98. The second-order valence-corrected chi connectivity index (χ2v) is 6.11. The maximum absolute atomic E-state index is 5.98. The molecule has 3 heteroatoms. The molecule has 1 aliphatic rings. The number of hydrogen-bond donors (Lipinski definition) is 1. The molecule has 1 fully saturated rings. The summed E-state index contributed by atoms with van der Waals surface area (Å²) in [6.07, 6.45) is 1.13. The molecule has 0 spiro atoms. The third-order valence-electron chi connectivity index (χ3n) is 3.94. The van der Waals surface area contributed by atoms with Crippen LogP contribution in [0.15, 0.2) is 22.7 Å². The van der Waals surface area contributed by atoms with Crippen molar-refractivity contribution in [3.05, 3.63) is 28.2 Å². The highest BCUT2D eigenvalue weighted by molar-refractivity contribution is 9.10. The molecule has 2 nitrogen and oxygen atoms in total. The molecule has 0 bridgehead atoms. The lowest BCUT2D eigenvalue weighted by Crippen LogP contribution is -2.25. The van der Waals surface area contributed by atoms with Gasteiger partial charge in [0.2, 0.25) is 0 Å². The average molecular weight is 284 g/mol. The molecule has 1 unspecified atom stereocenters. The van der Waals surface area contributed by atoms with Crippen LogP contribution in [0.25, 0.3) is 0 Å². The Labute approximate surface area is 105 Å². The second-order valence-electron chi connectivity index (χ2n) is 5.19. The molecule has 1 saturated carbocycles. The van der Waals surface area contributed by atoms with Crippen LogP contribution >= 0.6 is 15.9 Å². The van der Waals surface area contributed by atoms with Crippen molar-refractivity contribution in [1.29, 1.82) is 0 Å². The van der Waals surface area contributed by atoms with Crippen LogP contribution in [0, 0.1) is 5.41 Å². The van der Waals surface area contributed by atoms with Crippen LogP contribution < -0.4 is 10.5 Å². The van der Waals surface area contributed by atoms with Gasteiger partial charge in [-0.15, -0.1) is 0 Å². The molecule has 2 rings (SSSR count). The molecular weight excluding hydrogens is 266 g/mol. The Morgan fingerprint density at radius 2 is 2.06 bits per heavy atom. The summed E-state index contributed by atoms with van der Waals surface area (Å²) >= 11 is 3.52. The van der Waals surface area contributed by atoms with Gasteiger partial charge in [-0.3, -0.25) is 0 Å². The molecule has 0 radical (unpaired) electrons. The number of hydrogen-bond acceptors (Lipinski definition) is 2. The quantitative estimate of drug-likeness (QED) is 0.925. The molecule has 88 valence electrons. The van der Waals surface area contributed by atoms with Gasteiger partial charge in [0.1, 0.15) is 5.75 Å². The van der Waals surface area contributed by atoms with Crippen LogP contribution in [-0.2, 0) is 5.41 Å². The fourth-order valence-corrected chi connectivity index (χ4v) is 3.04. The monoisotopic (exact) mass is 283 g/mol. The number of rotatable bonds is 3. The zero-order valence-electron chi connectivity index (χ0n) is 10.0. The van der Waals surface area contributed by atoms with Crippen molar-refractivity contribution >= 4 is 15.9 Å². The fourth-order valence-electron chi connectivity index (χ4n) is 2.68. The van der Waals surface area contributed by atoms with Crippen LogP contribution in [0.2, 0.25) is 0 Å². The number of methoxy groups -OCH3 is 1. The van der Waals surface area contributed by atoms with Crippen molar-refractivity contribution in [3.8, 4) is 5.75 Å². The topological polar surface area (TPSA) is 35.2 Å². The summed E-state index contributed by atoms with van der Waals surface area (Å²) in [6, 6.07) is 6.15. The van der Waals surface area contributed by atoms with Crippen molar-refractivity contribution in [3.63, 3.8) is 0 Å². The minimum absolute atomic E-state index is 0.0854. The van der Waals surface area contributed by atoms with Crippen LogP contribution in [-0.4, -0.2) is 13.7 Å². The maximum Gasteiger partial charge on any atom is 0.122 e. The van der Waals surface area contributed by atoms with Crippen molar-refractivity contribution < 1.29 is 4.74 Å². The van der Waals surface area contributed by atoms with Gasteiger partial charge >= 0.3 is 0 Å². The van der Waals surface area contributed by atoms with Crippen LogP contribution in [0.1, 0.15) is 25.8 Å². The number of ether oxygens (including phenoxy) is 1.